The number of rotatable bonds is 6. The molecule has 0 aliphatic carbocycles. The Bertz CT molecular complexity index is 944. The lowest BCUT2D eigenvalue weighted by molar-refractivity contribution is 0.0474. The fraction of sp³-hybridized carbons (Fsp3) is 0.118. The van der Waals surface area contributed by atoms with Gasteiger partial charge in [0.15, 0.2) is 24.0 Å². The number of carbonyl (C=O) groups excluding carboxylic acids is 2. The van der Waals surface area contributed by atoms with Crippen molar-refractivity contribution in [2.24, 2.45) is 0 Å². The van der Waals surface area contributed by atoms with E-state index in [4.69, 9.17) is 9.47 Å². The lowest BCUT2D eigenvalue weighted by Gasteiger charge is -2.09. The maximum atomic E-state index is 13.7. The molecule has 3 rings (SSSR count). The van der Waals surface area contributed by atoms with Gasteiger partial charge in [0.05, 0.1) is 18.4 Å². The lowest BCUT2D eigenvalue weighted by Crippen LogP contribution is -2.16. The van der Waals surface area contributed by atoms with Gasteiger partial charge in [-0.2, -0.15) is 4.68 Å². The molecule has 0 saturated heterocycles. The highest BCUT2D eigenvalue weighted by Crippen LogP contribution is 2.18. The number of halogens is 1. The maximum absolute atomic E-state index is 13.7. The summed E-state index contributed by atoms with van der Waals surface area (Å²) in [5.41, 5.74) is 0.670. The lowest BCUT2D eigenvalue weighted by atomic mass is 10.1. The van der Waals surface area contributed by atoms with E-state index in [2.05, 4.69) is 15.5 Å². The predicted molar refractivity (Wildman–Crippen MR) is 86.7 cm³/mol. The number of ketones is 1. The molecule has 8 nitrogen and oxygen atoms in total. The quantitative estimate of drug-likeness (QED) is 0.491. The van der Waals surface area contributed by atoms with Crippen molar-refractivity contribution in [3.05, 3.63) is 65.7 Å². The summed E-state index contributed by atoms with van der Waals surface area (Å²) in [5, 5.41) is 10.8. The van der Waals surface area contributed by atoms with E-state index in [1.807, 2.05) is 0 Å². The molecule has 0 saturated carbocycles. The molecule has 26 heavy (non-hydrogen) atoms. The Balaban J connectivity index is 1.72. The van der Waals surface area contributed by atoms with E-state index < -0.39 is 24.2 Å². The van der Waals surface area contributed by atoms with Crippen LogP contribution in [0.3, 0.4) is 0 Å². The molecule has 0 spiro atoms. The third kappa shape index (κ3) is 3.56. The van der Waals surface area contributed by atoms with Crippen LogP contribution in [0.2, 0.25) is 0 Å². The topological polar surface area (TPSA) is 96.2 Å². The summed E-state index contributed by atoms with van der Waals surface area (Å²) in [4.78, 5) is 24.4. The molecule has 132 valence electrons. The smallest absolute Gasteiger partial charge is 0.340 e. The van der Waals surface area contributed by atoms with Crippen molar-refractivity contribution < 1.29 is 23.5 Å². The number of methoxy groups -OCH3 is 1. The van der Waals surface area contributed by atoms with E-state index >= 15 is 0 Å². The van der Waals surface area contributed by atoms with Crippen LogP contribution in [0.4, 0.5) is 4.39 Å². The van der Waals surface area contributed by atoms with Crippen molar-refractivity contribution >= 4 is 11.8 Å². The Kier molecular flexibility index (Phi) is 4.97. The number of Topliss-reactive ketones (excluding diaryl/α,β-unsaturated/α-hetero) is 1. The second-order valence-electron chi connectivity index (χ2n) is 5.12. The van der Waals surface area contributed by atoms with Gasteiger partial charge in [-0.15, -0.1) is 5.10 Å². The van der Waals surface area contributed by atoms with E-state index in [1.165, 1.54) is 36.3 Å². The minimum atomic E-state index is -0.724. The molecule has 0 aliphatic rings. The first-order valence-corrected chi connectivity index (χ1v) is 7.46. The first kappa shape index (κ1) is 17.2. The van der Waals surface area contributed by atoms with Crippen LogP contribution in [0.15, 0.2) is 48.8 Å². The summed E-state index contributed by atoms with van der Waals surface area (Å²) in [6.45, 7) is -0.533. The molecule has 1 aromatic heterocycles. The van der Waals surface area contributed by atoms with Crippen molar-refractivity contribution in [2.75, 3.05) is 13.7 Å². The van der Waals surface area contributed by atoms with Gasteiger partial charge in [0.1, 0.15) is 6.33 Å². The molecule has 0 bridgehead atoms. The van der Waals surface area contributed by atoms with E-state index in [9.17, 15) is 14.0 Å². The molecule has 0 N–H and O–H groups in total. The van der Waals surface area contributed by atoms with Gasteiger partial charge in [-0.25, -0.2) is 9.18 Å². The fourth-order valence-electron chi connectivity index (χ4n) is 2.25. The monoisotopic (exact) mass is 356 g/mol. The zero-order chi connectivity index (χ0) is 18.5. The Morgan fingerprint density at radius 3 is 2.69 bits per heavy atom. The molecule has 1 heterocycles. The van der Waals surface area contributed by atoms with Gasteiger partial charge < -0.3 is 9.47 Å². The second kappa shape index (κ2) is 7.51. The third-order valence-electron chi connectivity index (χ3n) is 3.53. The van der Waals surface area contributed by atoms with Crippen molar-refractivity contribution in [3.8, 4) is 11.4 Å². The highest BCUT2D eigenvalue weighted by molar-refractivity contribution is 6.00. The van der Waals surface area contributed by atoms with Crippen molar-refractivity contribution in [3.63, 3.8) is 0 Å². The number of carbonyl (C=O) groups is 2. The van der Waals surface area contributed by atoms with Crippen LogP contribution in [-0.4, -0.2) is 45.7 Å². The molecule has 0 unspecified atom stereocenters. The molecular formula is C17H13FN4O4. The van der Waals surface area contributed by atoms with Gasteiger partial charge in [-0.1, -0.05) is 12.1 Å². The molecule has 9 heteroatoms. The summed E-state index contributed by atoms with van der Waals surface area (Å²) >= 11 is 0. The highest BCUT2D eigenvalue weighted by atomic mass is 19.1. The van der Waals surface area contributed by atoms with Crippen LogP contribution in [0.1, 0.15) is 20.7 Å². The number of tetrazole rings is 1. The molecule has 0 atom stereocenters. The number of esters is 1. The van der Waals surface area contributed by atoms with Crippen molar-refractivity contribution in [1.29, 1.82) is 0 Å². The zero-order valence-corrected chi connectivity index (χ0v) is 13.6. The van der Waals surface area contributed by atoms with Crippen LogP contribution < -0.4 is 4.74 Å². The Morgan fingerprint density at radius 2 is 2.00 bits per heavy atom. The van der Waals surface area contributed by atoms with E-state index in [-0.39, 0.29) is 16.9 Å². The Labute approximate surface area is 147 Å². The van der Waals surface area contributed by atoms with Crippen LogP contribution in [0.25, 0.3) is 5.69 Å². The highest BCUT2D eigenvalue weighted by Gasteiger charge is 2.17. The van der Waals surface area contributed by atoms with Crippen LogP contribution >= 0.6 is 0 Å². The first-order chi connectivity index (χ1) is 12.6. The van der Waals surface area contributed by atoms with E-state index in [0.717, 1.165) is 6.07 Å². The number of benzene rings is 2. The Hall–Kier alpha value is -3.62. The zero-order valence-electron chi connectivity index (χ0n) is 13.6. The number of hydrogen-bond acceptors (Lipinski definition) is 7. The second-order valence-corrected chi connectivity index (χ2v) is 5.12. The summed E-state index contributed by atoms with van der Waals surface area (Å²) in [5.74, 6) is -1.92. The first-order valence-electron chi connectivity index (χ1n) is 7.46. The number of para-hydroxylation sites is 1. The van der Waals surface area contributed by atoms with Crippen molar-refractivity contribution in [1.82, 2.24) is 20.2 Å². The standard InChI is InChI=1S/C17H13FN4O4/c1-25-16-7-6-11(8-13(16)18)15(23)9-26-17(24)12-4-2-3-5-14(12)22-10-19-20-21-22/h2-8,10H,9H2,1H3. The van der Waals surface area contributed by atoms with E-state index in [0.29, 0.717) is 5.69 Å². The molecule has 0 aliphatic heterocycles. The molecule has 2 aromatic carbocycles. The van der Waals surface area contributed by atoms with Gasteiger partial charge in [0, 0.05) is 5.56 Å². The summed E-state index contributed by atoms with van der Waals surface area (Å²) in [7, 11) is 1.32. The maximum Gasteiger partial charge on any atom is 0.340 e. The fourth-order valence-corrected chi connectivity index (χ4v) is 2.25. The summed E-state index contributed by atoms with van der Waals surface area (Å²) in [6, 6.07) is 10.3. The van der Waals surface area contributed by atoms with Gasteiger partial charge in [-0.3, -0.25) is 4.79 Å². The van der Waals surface area contributed by atoms with Crippen molar-refractivity contribution in [2.45, 2.75) is 0 Å². The number of hydrogen-bond donors (Lipinski definition) is 0. The SMILES string of the molecule is COc1ccc(C(=O)COC(=O)c2ccccc2-n2cnnn2)cc1F. The number of aromatic nitrogens is 4. The third-order valence-corrected chi connectivity index (χ3v) is 3.53. The number of ether oxygens (including phenoxy) is 2. The molecule has 0 fully saturated rings. The average Bonchev–Trinajstić information content (AvgIpc) is 3.20. The molecular weight excluding hydrogens is 343 g/mol. The summed E-state index contributed by atoms with van der Waals surface area (Å²) < 4.78 is 24.8. The Morgan fingerprint density at radius 1 is 1.19 bits per heavy atom. The van der Waals surface area contributed by atoms with Crippen LogP contribution in [-0.2, 0) is 4.74 Å². The minimum absolute atomic E-state index is 0.0221. The average molecular weight is 356 g/mol. The predicted octanol–water partition coefficient (Wildman–Crippen LogP) is 1.85. The van der Waals surface area contributed by atoms with Gasteiger partial charge >= 0.3 is 5.97 Å². The summed E-state index contributed by atoms with van der Waals surface area (Å²) in [6.07, 6.45) is 1.33. The molecule has 0 radical (unpaired) electrons. The largest absolute Gasteiger partial charge is 0.494 e. The normalized spacial score (nSPS) is 10.4. The van der Waals surface area contributed by atoms with Gasteiger partial charge in [0.25, 0.3) is 0 Å². The van der Waals surface area contributed by atoms with Crippen LogP contribution in [0, 0.1) is 5.82 Å². The van der Waals surface area contributed by atoms with Gasteiger partial charge in [0.2, 0.25) is 0 Å². The van der Waals surface area contributed by atoms with Gasteiger partial charge in [-0.05, 0) is 40.8 Å². The van der Waals surface area contributed by atoms with E-state index in [1.54, 1.807) is 18.2 Å². The minimum Gasteiger partial charge on any atom is -0.494 e. The number of nitrogens with zero attached hydrogens (tertiary/aromatic N) is 4. The molecule has 3 aromatic rings. The molecule has 0 amide bonds. The van der Waals surface area contributed by atoms with Crippen LogP contribution in [0.5, 0.6) is 5.75 Å².